The van der Waals surface area contributed by atoms with Gasteiger partial charge in [-0.3, -0.25) is 0 Å². The van der Waals surface area contributed by atoms with Gasteiger partial charge in [0.25, 0.3) is 0 Å². The van der Waals surface area contributed by atoms with Crippen LogP contribution in [-0.4, -0.2) is 48.7 Å². The van der Waals surface area contributed by atoms with Gasteiger partial charge in [-0.25, -0.2) is 4.79 Å². The Morgan fingerprint density at radius 3 is 2.90 bits per heavy atom. The van der Waals surface area contributed by atoms with Gasteiger partial charge in [-0.2, -0.15) is 0 Å². The molecule has 5 heteroatoms. The van der Waals surface area contributed by atoms with Crippen molar-refractivity contribution < 1.29 is 9.90 Å². The largest absolute Gasteiger partial charge is 0.478 e. The minimum Gasteiger partial charge on any atom is -0.478 e. The highest BCUT2D eigenvalue weighted by atomic mass is 16.4. The molecule has 2 heterocycles. The molecule has 0 amide bonds. The SMILES string of the molecule is CN1CCCC2CN(c3ccc(N)cc3C(=O)O)CCC21. The van der Waals surface area contributed by atoms with Crippen molar-refractivity contribution in [2.75, 3.05) is 37.3 Å². The maximum atomic E-state index is 11.5. The molecular formula is C16H23N3O2. The van der Waals surface area contributed by atoms with E-state index in [0.29, 0.717) is 23.2 Å². The van der Waals surface area contributed by atoms with Gasteiger partial charge in [-0.15, -0.1) is 0 Å². The second kappa shape index (κ2) is 5.56. The Bertz CT molecular complexity index is 546. The summed E-state index contributed by atoms with van der Waals surface area (Å²) in [7, 11) is 2.21. The van der Waals surface area contributed by atoms with Crippen molar-refractivity contribution >= 4 is 17.3 Å². The second-order valence-corrected chi connectivity index (χ2v) is 6.27. The summed E-state index contributed by atoms with van der Waals surface area (Å²) in [4.78, 5) is 16.2. The monoisotopic (exact) mass is 289 g/mol. The molecule has 2 unspecified atom stereocenters. The number of piperidine rings is 2. The lowest BCUT2D eigenvalue weighted by molar-refractivity contribution is 0.0696. The smallest absolute Gasteiger partial charge is 0.337 e. The standard InChI is InChI=1S/C16H23N3O2/c1-18-7-2-3-11-10-19(8-6-14(11)18)15-5-4-12(17)9-13(15)16(20)21/h4-5,9,11,14H,2-3,6-8,10,17H2,1H3,(H,20,21). The lowest BCUT2D eigenvalue weighted by atomic mass is 9.84. The van der Waals surface area contributed by atoms with E-state index in [-0.39, 0.29) is 0 Å². The number of aromatic carboxylic acids is 1. The summed E-state index contributed by atoms with van der Waals surface area (Å²) in [5.41, 5.74) is 7.36. The highest BCUT2D eigenvalue weighted by molar-refractivity contribution is 5.95. The highest BCUT2D eigenvalue weighted by Gasteiger charge is 2.35. The lowest BCUT2D eigenvalue weighted by Crippen LogP contribution is -2.53. The van der Waals surface area contributed by atoms with Gasteiger partial charge >= 0.3 is 5.97 Å². The van der Waals surface area contributed by atoms with E-state index in [1.54, 1.807) is 12.1 Å². The van der Waals surface area contributed by atoms with Crippen LogP contribution in [0.4, 0.5) is 11.4 Å². The summed E-state index contributed by atoms with van der Waals surface area (Å²) in [5, 5.41) is 9.40. The maximum Gasteiger partial charge on any atom is 0.337 e. The molecule has 2 fully saturated rings. The molecule has 21 heavy (non-hydrogen) atoms. The lowest BCUT2D eigenvalue weighted by Gasteiger charge is -2.46. The highest BCUT2D eigenvalue weighted by Crippen LogP contribution is 2.33. The number of carbonyl (C=O) groups is 1. The number of nitrogens with two attached hydrogens (primary N) is 1. The molecule has 0 bridgehead atoms. The first-order chi connectivity index (χ1) is 10.1. The van der Waals surface area contributed by atoms with Crippen LogP contribution in [0.5, 0.6) is 0 Å². The number of nitrogens with zero attached hydrogens (tertiary/aromatic N) is 2. The number of carboxylic acid groups (broad SMARTS) is 1. The third kappa shape index (κ3) is 2.70. The maximum absolute atomic E-state index is 11.5. The summed E-state index contributed by atoms with van der Waals surface area (Å²) < 4.78 is 0. The minimum atomic E-state index is -0.903. The van der Waals surface area contributed by atoms with Gasteiger partial charge in [0.2, 0.25) is 0 Å². The normalized spacial score (nSPS) is 26.4. The van der Waals surface area contributed by atoms with Crippen LogP contribution in [0.1, 0.15) is 29.6 Å². The third-order valence-electron chi connectivity index (χ3n) is 4.94. The van der Waals surface area contributed by atoms with Crippen molar-refractivity contribution in [2.45, 2.75) is 25.3 Å². The first-order valence-corrected chi connectivity index (χ1v) is 7.64. The predicted molar refractivity (Wildman–Crippen MR) is 83.8 cm³/mol. The molecule has 0 spiro atoms. The Hall–Kier alpha value is -1.75. The number of benzene rings is 1. The fourth-order valence-electron chi connectivity index (χ4n) is 3.87. The summed E-state index contributed by atoms with van der Waals surface area (Å²) in [6.07, 6.45) is 3.58. The van der Waals surface area contributed by atoms with Crippen molar-refractivity contribution in [3.05, 3.63) is 23.8 Å². The first-order valence-electron chi connectivity index (χ1n) is 7.64. The van der Waals surface area contributed by atoms with Crippen molar-refractivity contribution in [3.63, 3.8) is 0 Å². The number of likely N-dealkylation sites (tertiary alicyclic amines) is 1. The molecule has 0 aromatic heterocycles. The number of anilines is 2. The molecule has 0 saturated carbocycles. The van der Waals surface area contributed by atoms with Crippen LogP contribution >= 0.6 is 0 Å². The number of nitrogen functional groups attached to an aromatic ring is 1. The predicted octanol–water partition coefficient (Wildman–Crippen LogP) is 1.89. The number of hydrogen-bond donors (Lipinski definition) is 2. The van der Waals surface area contributed by atoms with E-state index in [1.165, 1.54) is 19.4 Å². The van der Waals surface area contributed by atoms with Gasteiger partial charge in [-0.1, -0.05) is 0 Å². The molecule has 2 aliphatic heterocycles. The van der Waals surface area contributed by atoms with Crippen molar-refractivity contribution in [1.29, 1.82) is 0 Å². The average molecular weight is 289 g/mol. The van der Waals surface area contributed by atoms with Gasteiger partial charge in [-0.05, 0) is 57.0 Å². The van der Waals surface area contributed by atoms with E-state index < -0.39 is 5.97 Å². The second-order valence-electron chi connectivity index (χ2n) is 6.27. The molecule has 0 radical (unpaired) electrons. The number of fused-ring (bicyclic) bond motifs is 1. The molecule has 5 nitrogen and oxygen atoms in total. The quantitative estimate of drug-likeness (QED) is 0.814. The Morgan fingerprint density at radius 2 is 2.14 bits per heavy atom. The first kappa shape index (κ1) is 14.2. The average Bonchev–Trinajstić information content (AvgIpc) is 2.47. The molecule has 114 valence electrons. The molecule has 2 atom stereocenters. The molecule has 0 aliphatic carbocycles. The van der Waals surface area contributed by atoms with Crippen LogP contribution < -0.4 is 10.6 Å². The molecule has 3 N–H and O–H groups in total. The van der Waals surface area contributed by atoms with E-state index in [2.05, 4.69) is 16.8 Å². The van der Waals surface area contributed by atoms with Gasteiger partial charge in [0, 0.05) is 24.8 Å². The van der Waals surface area contributed by atoms with E-state index in [1.807, 2.05) is 6.07 Å². The van der Waals surface area contributed by atoms with E-state index >= 15 is 0 Å². The van der Waals surface area contributed by atoms with Crippen LogP contribution in [-0.2, 0) is 0 Å². The molecule has 1 aromatic carbocycles. The zero-order valence-electron chi connectivity index (χ0n) is 12.5. The number of rotatable bonds is 2. The topological polar surface area (TPSA) is 69.8 Å². The van der Waals surface area contributed by atoms with Crippen molar-refractivity contribution in [1.82, 2.24) is 4.90 Å². The Balaban J connectivity index is 1.84. The van der Waals surface area contributed by atoms with Crippen molar-refractivity contribution in [3.8, 4) is 0 Å². The molecule has 2 saturated heterocycles. The summed E-state index contributed by atoms with van der Waals surface area (Å²) in [5.74, 6) is -0.267. The fraction of sp³-hybridized carbons (Fsp3) is 0.562. The van der Waals surface area contributed by atoms with Gasteiger partial charge < -0.3 is 20.6 Å². The van der Waals surface area contributed by atoms with E-state index in [9.17, 15) is 9.90 Å². The van der Waals surface area contributed by atoms with Crippen LogP contribution in [0.3, 0.4) is 0 Å². The van der Waals surface area contributed by atoms with Crippen LogP contribution in [0.25, 0.3) is 0 Å². The molecule has 1 aromatic rings. The van der Waals surface area contributed by atoms with Crippen LogP contribution in [0, 0.1) is 5.92 Å². The zero-order valence-corrected chi connectivity index (χ0v) is 12.5. The zero-order chi connectivity index (χ0) is 15.0. The fourth-order valence-corrected chi connectivity index (χ4v) is 3.87. The van der Waals surface area contributed by atoms with Crippen LogP contribution in [0.15, 0.2) is 18.2 Å². The minimum absolute atomic E-state index is 0.317. The van der Waals surface area contributed by atoms with Crippen LogP contribution in [0.2, 0.25) is 0 Å². The van der Waals surface area contributed by atoms with Gasteiger partial charge in [0.15, 0.2) is 0 Å². The van der Waals surface area contributed by atoms with Crippen molar-refractivity contribution in [2.24, 2.45) is 5.92 Å². The number of carboxylic acids is 1. The Morgan fingerprint density at radius 1 is 1.33 bits per heavy atom. The Labute approximate surface area is 125 Å². The van der Waals surface area contributed by atoms with E-state index in [4.69, 9.17) is 5.73 Å². The summed E-state index contributed by atoms with van der Waals surface area (Å²) >= 11 is 0. The number of hydrogen-bond acceptors (Lipinski definition) is 4. The molecule has 2 aliphatic rings. The van der Waals surface area contributed by atoms with Gasteiger partial charge in [0.1, 0.15) is 0 Å². The van der Waals surface area contributed by atoms with E-state index in [0.717, 1.165) is 25.2 Å². The van der Waals surface area contributed by atoms with Gasteiger partial charge in [0.05, 0.1) is 11.3 Å². The Kier molecular flexibility index (Phi) is 3.76. The summed E-state index contributed by atoms with van der Waals surface area (Å²) in [6, 6.07) is 5.86. The molecule has 3 rings (SSSR count). The third-order valence-corrected chi connectivity index (χ3v) is 4.94. The molecular weight excluding hydrogens is 266 g/mol. The summed E-state index contributed by atoms with van der Waals surface area (Å²) in [6.45, 7) is 3.04.